The van der Waals surface area contributed by atoms with Crippen molar-refractivity contribution in [2.75, 3.05) is 13.6 Å². The summed E-state index contributed by atoms with van der Waals surface area (Å²) in [7, 11) is 1.78. The highest BCUT2D eigenvalue weighted by Gasteiger charge is 2.12. The van der Waals surface area contributed by atoms with Crippen LogP contribution < -0.4 is 5.32 Å². The first-order valence-electron chi connectivity index (χ1n) is 4.36. The first-order valence-corrected chi connectivity index (χ1v) is 4.74. The Morgan fingerprint density at radius 1 is 1.43 bits per heavy atom. The van der Waals surface area contributed by atoms with Crippen LogP contribution in [-0.4, -0.2) is 13.6 Å². The van der Waals surface area contributed by atoms with E-state index in [-0.39, 0.29) is 5.56 Å². The van der Waals surface area contributed by atoms with Crippen LogP contribution in [0.5, 0.6) is 0 Å². The molecule has 0 saturated heterocycles. The molecular weight excluding hydrogens is 208 g/mol. The van der Waals surface area contributed by atoms with Gasteiger partial charge in [-0.25, -0.2) is 8.78 Å². The molecule has 0 unspecified atom stereocenters. The molecule has 0 aliphatic heterocycles. The van der Waals surface area contributed by atoms with Gasteiger partial charge >= 0.3 is 0 Å². The maximum atomic E-state index is 12.5. The molecule has 0 heterocycles. The average molecular weight is 220 g/mol. The van der Waals surface area contributed by atoms with E-state index in [1.165, 1.54) is 12.1 Å². The first kappa shape index (κ1) is 11.4. The van der Waals surface area contributed by atoms with E-state index >= 15 is 0 Å². The average Bonchev–Trinajstić information content (AvgIpc) is 2.14. The third-order valence-corrected chi connectivity index (χ3v) is 2.22. The van der Waals surface area contributed by atoms with E-state index in [0.717, 1.165) is 0 Å². The van der Waals surface area contributed by atoms with Gasteiger partial charge in [0.2, 0.25) is 0 Å². The number of alkyl halides is 2. The number of hydrogen-bond acceptors (Lipinski definition) is 1. The molecule has 0 amide bonds. The van der Waals surface area contributed by atoms with Gasteiger partial charge in [0.15, 0.2) is 0 Å². The van der Waals surface area contributed by atoms with Gasteiger partial charge in [0.05, 0.1) is 0 Å². The van der Waals surface area contributed by atoms with Crippen molar-refractivity contribution < 1.29 is 8.78 Å². The zero-order valence-corrected chi connectivity index (χ0v) is 8.61. The molecule has 0 spiro atoms. The maximum Gasteiger partial charge on any atom is 0.264 e. The molecule has 0 aliphatic carbocycles. The van der Waals surface area contributed by atoms with Crippen molar-refractivity contribution in [2.45, 2.75) is 12.8 Å². The Hall–Kier alpha value is -0.670. The van der Waals surface area contributed by atoms with Crippen LogP contribution >= 0.6 is 11.6 Å². The minimum Gasteiger partial charge on any atom is -0.319 e. The summed E-state index contributed by atoms with van der Waals surface area (Å²) in [6.45, 7) is 0.667. The number of nitrogens with one attached hydrogen (secondary N) is 1. The van der Waals surface area contributed by atoms with Crippen LogP contribution in [0.3, 0.4) is 0 Å². The summed E-state index contributed by atoms with van der Waals surface area (Å²) < 4.78 is 25.0. The van der Waals surface area contributed by atoms with Crippen molar-refractivity contribution >= 4 is 11.6 Å². The van der Waals surface area contributed by atoms with E-state index in [9.17, 15) is 8.78 Å². The van der Waals surface area contributed by atoms with Crippen molar-refractivity contribution in [3.05, 3.63) is 34.3 Å². The molecule has 0 atom stereocenters. The third-order valence-electron chi connectivity index (χ3n) is 1.98. The summed E-state index contributed by atoms with van der Waals surface area (Å²) in [5.41, 5.74) is 0.687. The van der Waals surface area contributed by atoms with Crippen molar-refractivity contribution in [2.24, 2.45) is 0 Å². The number of hydrogen-bond donors (Lipinski definition) is 1. The monoisotopic (exact) mass is 219 g/mol. The van der Waals surface area contributed by atoms with Crippen LogP contribution in [0, 0.1) is 0 Å². The topological polar surface area (TPSA) is 12.0 Å². The zero-order valence-electron chi connectivity index (χ0n) is 7.86. The highest BCUT2D eigenvalue weighted by atomic mass is 35.5. The fourth-order valence-electron chi connectivity index (χ4n) is 1.26. The quantitative estimate of drug-likeness (QED) is 0.821. The molecule has 0 saturated carbocycles. The Kier molecular flexibility index (Phi) is 4.29. The highest BCUT2D eigenvalue weighted by molar-refractivity contribution is 6.30. The fourth-order valence-corrected chi connectivity index (χ4v) is 1.46. The van der Waals surface area contributed by atoms with Gasteiger partial charge in [-0.3, -0.25) is 0 Å². The molecule has 78 valence electrons. The number of likely N-dealkylation sites (N-methyl/N-ethyl adjacent to an activating group) is 1. The van der Waals surface area contributed by atoms with Gasteiger partial charge in [0.1, 0.15) is 0 Å². The first-order chi connectivity index (χ1) is 6.65. The Labute approximate surface area is 87.1 Å². The van der Waals surface area contributed by atoms with E-state index in [1.54, 1.807) is 13.1 Å². The van der Waals surface area contributed by atoms with Crippen LogP contribution in [0.2, 0.25) is 5.02 Å². The maximum absolute atomic E-state index is 12.5. The molecule has 4 heteroatoms. The lowest BCUT2D eigenvalue weighted by molar-refractivity contribution is 0.150. The van der Waals surface area contributed by atoms with Gasteiger partial charge in [0.25, 0.3) is 6.43 Å². The molecule has 0 aliphatic rings. The van der Waals surface area contributed by atoms with Gasteiger partial charge in [-0.2, -0.15) is 0 Å². The Morgan fingerprint density at radius 3 is 2.71 bits per heavy atom. The molecule has 1 nitrogen and oxygen atoms in total. The lowest BCUT2D eigenvalue weighted by Gasteiger charge is -2.08. The van der Waals surface area contributed by atoms with Gasteiger partial charge in [-0.1, -0.05) is 17.7 Å². The van der Waals surface area contributed by atoms with Gasteiger partial charge in [0, 0.05) is 10.6 Å². The molecule has 0 bridgehead atoms. The summed E-state index contributed by atoms with van der Waals surface area (Å²) in [5.74, 6) is 0. The summed E-state index contributed by atoms with van der Waals surface area (Å²) in [4.78, 5) is 0. The number of rotatable bonds is 4. The fraction of sp³-hybridized carbons (Fsp3) is 0.400. The molecule has 0 radical (unpaired) electrons. The lowest BCUT2D eigenvalue weighted by Crippen LogP contribution is -2.11. The van der Waals surface area contributed by atoms with Crippen molar-refractivity contribution in [1.82, 2.24) is 5.32 Å². The standard InChI is InChI=1S/C10H12ClF2N/c1-14-5-4-7-6-8(11)2-3-9(7)10(12)13/h2-3,6,10,14H,4-5H2,1H3. The summed E-state index contributed by atoms with van der Waals surface area (Å²) >= 11 is 5.74. The van der Waals surface area contributed by atoms with Crippen LogP contribution in [0.15, 0.2) is 18.2 Å². The van der Waals surface area contributed by atoms with E-state index < -0.39 is 6.43 Å². The van der Waals surface area contributed by atoms with Crippen LogP contribution in [0.25, 0.3) is 0 Å². The van der Waals surface area contributed by atoms with E-state index in [2.05, 4.69) is 5.32 Å². The van der Waals surface area contributed by atoms with Crippen molar-refractivity contribution in [3.63, 3.8) is 0 Å². The summed E-state index contributed by atoms with van der Waals surface area (Å²) in [6.07, 6.45) is -1.87. The summed E-state index contributed by atoms with van der Waals surface area (Å²) in [5, 5.41) is 3.41. The Bertz CT molecular complexity index is 302. The molecule has 1 rings (SSSR count). The molecule has 1 aromatic rings. The molecular formula is C10H12ClF2N. The van der Waals surface area contributed by atoms with E-state index in [1.807, 2.05) is 0 Å². The van der Waals surface area contributed by atoms with Crippen LogP contribution in [-0.2, 0) is 6.42 Å². The van der Waals surface area contributed by atoms with E-state index in [4.69, 9.17) is 11.6 Å². The molecule has 14 heavy (non-hydrogen) atoms. The zero-order chi connectivity index (χ0) is 10.6. The lowest BCUT2D eigenvalue weighted by atomic mass is 10.1. The largest absolute Gasteiger partial charge is 0.319 e. The third kappa shape index (κ3) is 2.93. The Balaban J connectivity index is 2.91. The minimum atomic E-state index is -2.43. The Morgan fingerprint density at radius 2 is 2.14 bits per heavy atom. The van der Waals surface area contributed by atoms with Gasteiger partial charge in [-0.05, 0) is 37.7 Å². The normalized spacial score (nSPS) is 10.9. The number of benzene rings is 1. The van der Waals surface area contributed by atoms with Crippen LogP contribution in [0.1, 0.15) is 17.6 Å². The molecule has 1 aromatic carbocycles. The van der Waals surface area contributed by atoms with Gasteiger partial charge < -0.3 is 5.32 Å². The van der Waals surface area contributed by atoms with Crippen molar-refractivity contribution in [3.8, 4) is 0 Å². The predicted octanol–water partition coefficient (Wildman–Crippen LogP) is 3.04. The van der Waals surface area contributed by atoms with E-state index in [0.29, 0.717) is 23.6 Å². The predicted molar refractivity (Wildman–Crippen MR) is 54.0 cm³/mol. The number of halogens is 3. The highest BCUT2D eigenvalue weighted by Crippen LogP contribution is 2.25. The smallest absolute Gasteiger partial charge is 0.264 e. The molecule has 0 fully saturated rings. The van der Waals surface area contributed by atoms with Gasteiger partial charge in [-0.15, -0.1) is 0 Å². The van der Waals surface area contributed by atoms with Crippen molar-refractivity contribution in [1.29, 1.82) is 0 Å². The summed E-state index contributed by atoms with van der Waals surface area (Å²) in [6, 6.07) is 4.48. The second-order valence-corrected chi connectivity index (χ2v) is 3.43. The SMILES string of the molecule is CNCCc1cc(Cl)ccc1C(F)F. The second-order valence-electron chi connectivity index (χ2n) is 3.00. The minimum absolute atomic E-state index is 0.0738. The molecule has 1 N–H and O–H groups in total. The second kappa shape index (κ2) is 5.27. The van der Waals surface area contributed by atoms with Crippen LogP contribution in [0.4, 0.5) is 8.78 Å². The molecule has 0 aromatic heterocycles.